The smallest absolute Gasteiger partial charge is 0.246 e. The summed E-state index contributed by atoms with van der Waals surface area (Å²) in [4.78, 5) is 0. The minimum atomic E-state index is -4.35. The van der Waals surface area contributed by atoms with Crippen molar-refractivity contribution in [2.45, 2.75) is 13.3 Å². The average Bonchev–Trinajstić information content (AvgIpc) is 1.84. The van der Waals surface area contributed by atoms with Gasteiger partial charge in [-0.3, -0.25) is 0 Å². The van der Waals surface area contributed by atoms with Crippen LogP contribution in [0, 0.1) is 0 Å². The Labute approximate surface area is 52.8 Å². The van der Waals surface area contributed by atoms with E-state index in [9.17, 15) is 12.9 Å². The van der Waals surface area contributed by atoms with Gasteiger partial charge in [0.1, 0.15) is 0 Å². The molecule has 0 aromatic heterocycles. The van der Waals surface area contributed by atoms with Crippen LogP contribution in [0.3, 0.4) is 0 Å². The van der Waals surface area contributed by atoms with Gasteiger partial charge in [-0.1, -0.05) is 6.92 Å². The van der Waals surface area contributed by atoms with Crippen molar-refractivity contribution in [2.24, 2.45) is 0 Å². The molecule has 4 nitrogen and oxygen atoms in total. The van der Waals surface area contributed by atoms with E-state index in [1.165, 1.54) is 0 Å². The van der Waals surface area contributed by atoms with E-state index < -0.39 is 10.4 Å². The highest BCUT2D eigenvalue weighted by Crippen LogP contribution is 1.95. The van der Waals surface area contributed by atoms with Gasteiger partial charge in [0.15, 0.2) is 0 Å². The molecule has 0 N–H and O–H groups in total. The van der Waals surface area contributed by atoms with Crippen molar-refractivity contribution in [1.82, 2.24) is 0 Å². The predicted molar refractivity (Wildman–Crippen MR) is 27.4 cm³/mol. The first-order valence-electron chi connectivity index (χ1n) is 2.32. The van der Waals surface area contributed by atoms with Crippen molar-refractivity contribution in [3.05, 3.63) is 0 Å². The molecule has 0 atom stereocenters. The molecule has 0 unspecified atom stereocenters. The maximum Gasteiger partial charge on any atom is 0.430 e. The first-order valence-corrected chi connectivity index (χ1v) is 3.65. The molecule has 0 fully saturated rings. The lowest BCUT2D eigenvalue weighted by molar-refractivity contribution is -0.0181. The van der Waals surface area contributed by atoms with Crippen molar-refractivity contribution in [3.63, 3.8) is 0 Å². The molecule has 0 aromatic rings. The summed E-state index contributed by atoms with van der Waals surface area (Å²) in [5.41, 5.74) is 0. The summed E-state index contributed by atoms with van der Waals surface area (Å²) in [6.07, 6.45) is 0.489. The second-order valence-electron chi connectivity index (χ2n) is 1.29. The molecule has 0 aliphatic rings. The predicted octanol–water partition coefficient (Wildman–Crippen LogP) is 0.559. The number of hydrogen-bond acceptors (Lipinski definition) is 4. The number of halogens is 1. The van der Waals surface area contributed by atoms with Crippen LogP contribution in [0.4, 0.5) is 4.53 Å². The van der Waals surface area contributed by atoms with Crippen LogP contribution in [0.15, 0.2) is 0 Å². The van der Waals surface area contributed by atoms with Crippen LogP contribution >= 0.6 is 0 Å². The first-order chi connectivity index (χ1) is 4.12. The normalized spacial score (nSPS) is 11.8. The van der Waals surface area contributed by atoms with Crippen molar-refractivity contribution in [3.8, 4) is 0 Å². The van der Waals surface area contributed by atoms with Crippen LogP contribution in [-0.4, -0.2) is 15.0 Å². The lowest BCUT2D eigenvalue weighted by Crippen LogP contribution is -2.05. The molecule has 0 saturated heterocycles. The highest BCUT2D eigenvalue weighted by Gasteiger charge is 2.09. The molecule has 0 heterocycles. The van der Waals surface area contributed by atoms with Crippen LogP contribution in [-0.2, 0) is 19.0 Å². The molecule has 0 rings (SSSR count). The molecule has 9 heavy (non-hydrogen) atoms. The SMILES string of the molecule is CCCOS(=O)(=O)OF. The Kier molecular flexibility index (Phi) is 3.67. The van der Waals surface area contributed by atoms with E-state index in [4.69, 9.17) is 0 Å². The third-order valence-electron chi connectivity index (χ3n) is 0.509. The zero-order valence-corrected chi connectivity index (χ0v) is 5.65. The van der Waals surface area contributed by atoms with Gasteiger partial charge in [-0.05, 0) is 15.3 Å². The van der Waals surface area contributed by atoms with Crippen LogP contribution in [0.1, 0.15) is 13.3 Å². The van der Waals surface area contributed by atoms with Crippen molar-refractivity contribution >= 4 is 10.4 Å². The third kappa shape index (κ3) is 4.31. The fraction of sp³-hybridized carbons (Fsp3) is 1.00. The van der Waals surface area contributed by atoms with Crippen molar-refractivity contribution in [2.75, 3.05) is 6.61 Å². The van der Waals surface area contributed by atoms with Gasteiger partial charge in [-0.2, -0.15) is 8.42 Å². The molecule has 0 radical (unpaired) electrons. The zero-order chi connectivity index (χ0) is 7.33. The highest BCUT2D eigenvalue weighted by atomic mass is 32.3. The van der Waals surface area contributed by atoms with E-state index in [1.54, 1.807) is 6.92 Å². The molecular formula is C3H7FO4S. The molecule has 6 heteroatoms. The van der Waals surface area contributed by atoms with Crippen LogP contribution in [0.25, 0.3) is 0 Å². The lowest BCUT2D eigenvalue weighted by Gasteiger charge is -1.94. The summed E-state index contributed by atoms with van der Waals surface area (Å²) in [6.45, 7) is 1.63. The third-order valence-corrected chi connectivity index (χ3v) is 1.12. The summed E-state index contributed by atoms with van der Waals surface area (Å²) >= 11 is 0. The molecule has 0 aliphatic heterocycles. The average molecular weight is 158 g/mol. The number of hydrogen-bond donors (Lipinski definition) is 0. The van der Waals surface area contributed by atoms with Gasteiger partial charge in [0.25, 0.3) is 0 Å². The van der Waals surface area contributed by atoms with Crippen molar-refractivity contribution in [1.29, 1.82) is 0 Å². The fourth-order valence-corrected chi connectivity index (χ4v) is 0.611. The van der Waals surface area contributed by atoms with Gasteiger partial charge >= 0.3 is 10.4 Å². The number of rotatable bonds is 4. The van der Waals surface area contributed by atoms with E-state index in [0.717, 1.165) is 0 Å². The summed E-state index contributed by atoms with van der Waals surface area (Å²) in [7, 11) is -4.35. The maximum atomic E-state index is 10.9. The molecule has 0 aliphatic carbocycles. The molecule has 0 aromatic carbocycles. The summed E-state index contributed by atoms with van der Waals surface area (Å²) in [5, 5.41) is 0. The fourth-order valence-electron chi connectivity index (χ4n) is 0.204. The molecule has 56 valence electrons. The van der Waals surface area contributed by atoms with E-state index in [2.05, 4.69) is 8.57 Å². The maximum absolute atomic E-state index is 10.9. The second kappa shape index (κ2) is 3.76. The topological polar surface area (TPSA) is 52.6 Å². The highest BCUT2D eigenvalue weighted by molar-refractivity contribution is 7.81. The monoisotopic (exact) mass is 158 g/mol. The lowest BCUT2D eigenvalue weighted by atomic mass is 10.5. The van der Waals surface area contributed by atoms with E-state index in [1.807, 2.05) is 0 Å². The van der Waals surface area contributed by atoms with E-state index in [0.29, 0.717) is 6.42 Å². The van der Waals surface area contributed by atoms with E-state index >= 15 is 0 Å². The molecule has 0 amide bonds. The van der Waals surface area contributed by atoms with Gasteiger partial charge in [0.2, 0.25) is 0 Å². The van der Waals surface area contributed by atoms with Gasteiger partial charge < -0.3 is 0 Å². The van der Waals surface area contributed by atoms with E-state index in [-0.39, 0.29) is 6.61 Å². The molecule has 0 saturated carbocycles. The van der Waals surface area contributed by atoms with Crippen LogP contribution in [0.5, 0.6) is 0 Å². The minimum absolute atomic E-state index is 0.0632. The Morgan fingerprint density at radius 1 is 1.56 bits per heavy atom. The van der Waals surface area contributed by atoms with Gasteiger partial charge in [0, 0.05) is 0 Å². The van der Waals surface area contributed by atoms with Gasteiger partial charge in [-0.25, -0.2) is 4.18 Å². The second-order valence-corrected chi connectivity index (χ2v) is 2.47. The largest absolute Gasteiger partial charge is 0.430 e. The Hall–Kier alpha value is -0.200. The van der Waals surface area contributed by atoms with Crippen LogP contribution < -0.4 is 0 Å². The quantitative estimate of drug-likeness (QED) is 0.599. The molecule has 0 bridgehead atoms. The zero-order valence-electron chi connectivity index (χ0n) is 4.83. The van der Waals surface area contributed by atoms with Crippen molar-refractivity contribution < 1.29 is 21.5 Å². The Balaban J connectivity index is 3.61. The summed E-state index contributed by atoms with van der Waals surface area (Å²) in [6, 6.07) is 0. The summed E-state index contributed by atoms with van der Waals surface area (Å²) in [5.74, 6) is 0. The first kappa shape index (κ1) is 8.80. The minimum Gasteiger partial charge on any atom is -0.246 e. The standard InChI is InChI=1S/C3H7FO4S/c1-2-3-7-9(5,6)8-4/h2-3H2,1H3. The Bertz CT molecular complexity index is 151. The van der Waals surface area contributed by atoms with Gasteiger partial charge in [0.05, 0.1) is 6.61 Å². The van der Waals surface area contributed by atoms with Gasteiger partial charge in [-0.15, -0.1) is 0 Å². The molecule has 0 spiro atoms. The Morgan fingerprint density at radius 3 is 2.44 bits per heavy atom. The Morgan fingerprint density at radius 2 is 2.11 bits per heavy atom. The molecular weight excluding hydrogens is 151 g/mol. The van der Waals surface area contributed by atoms with Crippen LogP contribution in [0.2, 0.25) is 0 Å². The summed E-state index contributed by atoms with van der Waals surface area (Å²) < 4.78 is 37.2.